The van der Waals surface area contributed by atoms with Gasteiger partial charge in [0.05, 0.1) is 40.1 Å². The molecule has 1 aromatic heterocycles. The van der Waals surface area contributed by atoms with Crippen molar-refractivity contribution in [1.29, 1.82) is 0 Å². The number of hydrogen-bond donors (Lipinski definition) is 0. The Kier molecular flexibility index (Phi) is 4.11. The predicted octanol–water partition coefficient (Wildman–Crippen LogP) is 2.89. The molecule has 0 atom stereocenters. The Morgan fingerprint density at radius 2 is 1.78 bits per heavy atom. The summed E-state index contributed by atoms with van der Waals surface area (Å²) in [4.78, 5) is 3.30. The lowest BCUT2D eigenvalue weighted by Gasteiger charge is -2.15. The summed E-state index contributed by atoms with van der Waals surface area (Å²) >= 11 is 0. The highest BCUT2D eigenvalue weighted by molar-refractivity contribution is 7.93. The molecule has 1 aromatic carbocycles. The number of alkyl halides is 3. The fraction of sp³-hybridized carbons (Fsp3) is 0.385. The molecular weight excluding hydrogens is 335 g/mol. The first-order chi connectivity index (χ1) is 10.9. The van der Waals surface area contributed by atoms with Crippen molar-refractivity contribution in [3.05, 3.63) is 30.2 Å². The molecule has 0 amide bonds. The van der Waals surface area contributed by atoms with Gasteiger partial charge in [0.25, 0.3) is 0 Å². The maximum atomic E-state index is 12.4. The highest BCUT2D eigenvalue weighted by atomic mass is 32.2. The highest BCUT2D eigenvalue weighted by Crippen LogP contribution is 2.30. The second kappa shape index (κ2) is 5.93. The molecule has 0 unspecified atom stereocenters. The summed E-state index contributed by atoms with van der Waals surface area (Å²) in [6, 6.07) is 6.13. The lowest BCUT2D eigenvalue weighted by molar-refractivity contribution is -0.159. The van der Waals surface area contributed by atoms with Crippen LogP contribution in [0.4, 0.5) is 18.9 Å². The Morgan fingerprint density at radius 1 is 1.13 bits per heavy atom. The average molecular weight is 347 g/mol. The molecule has 0 aliphatic carbocycles. The van der Waals surface area contributed by atoms with Gasteiger partial charge < -0.3 is 9.26 Å². The van der Waals surface area contributed by atoms with Gasteiger partial charge in [-0.15, -0.1) is 0 Å². The molecule has 1 aliphatic heterocycles. The van der Waals surface area contributed by atoms with Gasteiger partial charge in [-0.25, -0.2) is 4.21 Å². The van der Waals surface area contributed by atoms with E-state index in [1.54, 1.807) is 12.1 Å². The Bertz CT molecular complexity index is 796. The molecule has 1 aliphatic rings. The third-order valence-electron chi connectivity index (χ3n) is 3.16. The number of rotatable bonds is 2. The topological polar surface area (TPSA) is 77.6 Å². The number of hydrogen-bond acceptors (Lipinski definition) is 6. The van der Waals surface area contributed by atoms with Crippen LogP contribution in [0.25, 0.3) is 11.4 Å². The van der Waals surface area contributed by atoms with E-state index >= 15 is 0 Å². The third kappa shape index (κ3) is 3.70. The lowest BCUT2D eigenvalue weighted by Crippen LogP contribution is -2.25. The molecule has 0 N–H and O–H groups in total. The Labute approximate surface area is 129 Å². The van der Waals surface area contributed by atoms with Gasteiger partial charge in [-0.3, -0.25) is 0 Å². The standard InChI is InChI=1S/C13H12F3N3O3S/c14-13(15,16)12-17-11(18-22-12)9-1-3-10(4-2-9)19-23(20)7-5-21-6-8-23/h1-4H,5-8H2. The molecule has 23 heavy (non-hydrogen) atoms. The van der Waals surface area contributed by atoms with Gasteiger partial charge in [-0.05, 0) is 24.3 Å². The second-order valence-corrected chi connectivity index (χ2v) is 7.40. The Balaban J connectivity index is 1.84. The molecular formula is C13H12F3N3O3S. The van der Waals surface area contributed by atoms with Gasteiger partial charge in [0.2, 0.25) is 5.82 Å². The zero-order valence-electron chi connectivity index (χ0n) is 11.7. The van der Waals surface area contributed by atoms with E-state index in [0.29, 0.717) is 36.0 Å². The normalized spacial score (nSPS) is 17.9. The van der Waals surface area contributed by atoms with Gasteiger partial charge >= 0.3 is 12.1 Å². The second-order valence-electron chi connectivity index (χ2n) is 4.85. The highest BCUT2D eigenvalue weighted by Gasteiger charge is 2.38. The quantitative estimate of drug-likeness (QED) is 0.835. The number of benzene rings is 1. The van der Waals surface area contributed by atoms with Crippen LogP contribution in [0.5, 0.6) is 0 Å². The van der Waals surface area contributed by atoms with Crippen LogP contribution in [0.2, 0.25) is 0 Å². The average Bonchev–Trinajstić information content (AvgIpc) is 2.98. The summed E-state index contributed by atoms with van der Waals surface area (Å²) in [5.41, 5.74) is 0.838. The first kappa shape index (κ1) is 15.9. The van der Waals surface area contributed by atoms with Crippen LogP contribution in [0, 0.1) is 0 Å². The first-order valence-electron chi connectivity index (χ1n) is 6.67. The van der Waals surface area contributed by atoms with Gasteiger partial charge in [0, 0.05) is 5.56 Å². The van der Waals surface area contributed by atoms with E-state index in [2.05, 4.69) is 19.0 Å². The van der Waals surface area contributed by atoms with E-state index in [-0.39, 0.29) is 5.82 Å². The van der Waals surface area contributed by atoms with Crippen LogP contribution < -0.4 is 0 Å². The summed E-state index contributed by atoms with van der Waals surface area (Å²) in [6.45, 7) is 0.812. The van der Waals surface area contributed by atoms with Crippen LogP contribution in [-0.2, 0) is 20.6 Å². The minimum atomic E-state index is -4.68. The van der Waals surface area contributed by atoms with Crippen molar-refractivity contribution < 1.29 is 26.6 Å². The number of aromatic nitrogens is 2. The molecule has 10 heteroatoms. The smallest absolute Gasteiger partial charge is 0.379 e. The van der Waals surface area contributed by atoms with Gasteiger partial charge in [0.15, 0.2) is 0 Å². The SMILES string of the molecule is O=S1(=Nc2ccc(-c3noc(C(F)(F)F)n3)cc2)CCOCC1. The first-order valence-corrected chi connectivity index (χ1v) is 8.53. The fourth-order valence-corrected chi connectivity index (χ4v) is 3.64. The van der Waals surface area contributed by atoms with Crippen molar-refractivity contribution in [2.45, 2.75) is 6.18 Å². The van der Waals surface area contributed by atoms with Crippen molar-refractivity contribution in [3.8, 4) is 11.4 Å². The summed E-state index contributed by atoms with van der Waals surface area (Å²) in [7, 11) is -2.33. The van der Waals surface area contributed by atoms with Crippen molar-refractivity contribution in [2.24, 2.45) is 4.36 Å². The summed E-state index contributed by atoms with van der Waals surface area (Å²) in [6.07, 6.45) is -4.68. The molecule has 0 saturated carbocycles. The molecule has 1 saturated heterocycles. The summed E-state index contributed by atoms with van der Waals surface area (Å²) < 4.78 is 63.3. The number of nitrogens with zero attached hydrogens (tertiary/aromatic N) is 3. The van der Waals surface area contributed by atoms with E-state index in [0.717, 1.165) is 0 Å². The minimum absolute atomic E-state index is 0.167. The van der Waals surface area contributed by atoms with Crippen molar-refractivity contribution in [3.63, 3.8) is 0 Å². The molecule has 0 radical (unpaired) electrons. The maximum absolute atomic E-state index is 12.4. The molecule has 3 rings (SSSR count). The summed E-state index contributed by atoms with van der Waals surface area (Å²) in [5, 5.41) is 3.30. The van der Waals surface area contributed by atoms with E-state index < -0.39 is 21.8 Å². The van der Waals surface area contributed by atoms with Gasteiger partial charge in [-0.2, -0.15) is 22.5 Å². The van der Waals surface area contributed by atoms with Crippen molar-refractivity contribution in [1.82, 2.24) is 10.1 Å². The Hall–Kier alpha value is -1.94. The maximum Gasteiger partial charge on any atom is 0.471 e. The van der Waals surface area contributed by atoms with Crippen LogP contribution in [0.1, 0.15) is 5.89 Å². The molecule has 6 nitrogen and oxygen atoms in total. The van der Waals surface area contributed by atoms with E-state index in [1.807, 2.05) is 0 Å². The number of ether oxygens (including phenoxy) is 1. The van der Waals surface area contributed by atoms with E-state index in [9.17, 15) is 17.4 Å². The van der Waals surface area contributed by atoms with E-state index in [4.69, 9.17) is 4.74 Å². The molecule has 2 heterocycles. The van der Waals surface area contributed by atoms with Crippen molar-refractivity contribution in [2.75, 3.05) is 24.7 Å². The predicted molar refractivity (Wildman–Crippen MR) is 75.5 cm³/mol. The number of halogens is 3. The van der Waals surface area contributed by atoms with Gasteiger partial charge in [-0.1, -0.05) is 5.16 Å². The van der Waals surface area contributed by atoms with E-state index in [1.165, 1.54) is 12.1 Å². The molecule has 0 spiro atoms. The Morgan fingerprint density at radius 3 is 2.35 bits per heavy atom. The molecule has 1 fully saturated rings. The fourth-order valence-electron chi connectivity index (χ4n) is 1.99. The van der Waals surface area contributed by atoms with Crippen LogP contribution in [0.15, 0.2) is 33.2 Å². The van der Waals surface area contributed by atoms with Crippen molar-refractivity contribution >= 4 is 15.4 Å². The van der Waals surface area contributed by atoms with Gasteiger partial charge in [0.1, 0.15) is 0 Å². The van der Waals surface area contributed by atoms with Crippen LogP contribution in [-0.4, -0.2) is 39.1 Å². The van der Waals surface area contributed by atoms with Crippen LogP contribution in [0.3, 0.4) is 0 Å². The molecule has 0 bridgehead atoms. The zero-order chi connectivity index (χ0) is 16.5. The lowest BCUT2D eigenvalue weighted by atomic mass is 10.2. The molecule has 2 aromatic rings. The summed E-state index contributed by atoms with van der Waals surface area (Å²) in [5.74, 6) is -0.825. The monoisotopic (exact) mass is 347 g/mol. The molecule has 124 valence electrons. The minimum Gasteiger partial charge on any atom is -0.379 e. The zero-order valence-corrected chi connectivity index (χ0v) is 12.6. The van der Waals surface area contributed by atoms with Crippen LogP contribution >= 0.6 is 0 Å². The largest absolute Gasteiger partial charge is 0.471 e. The third-order valence-corrected chi connectivity index (χ3v) is 5.31.